The number of hydrogen-bond acceptors (Lipinski definition) is 3. The third-order valence-corrected chi connectivity index (χ3v) is 3.04. The summed E-state index contributed by atoms with van der Waals surface area (Å²) in [7, 11) is 1.41. The molecule has 0 unspecified atom stereocenters. The first kappa shape index (κ1) is 14.4. The number of esters is 1. The molecule has 0 spiro atoms. The topological polar surface area (TPSA) is 43.4 Å². The molecule has 1 aromatic rings. The number of ketones is 1. The normalized spacial score (nSPS) is 11.9. The number of aryl methyl sites for hydroxylation is 1. The van der Waals surface area contributed by atoms with Crippen LogP contribution in [0.4, 0.5) is 0 Å². The van der Waals surface area contributed by atoms with Crippen molar-refractivity contribution in [1.82, 2.24) is 0 Å². The number of carbonyl (C=O) groups is 2. The van der Waals surface area contributed by atoms with Crippen LogP contribution in [0.5, 0.6) is 0 Å². The quantitative estimate of drug-likeness (QED) is 0.574. The molecule has 3 nitrogen and oxygen atoms in total. The van der Waals surface area contributed by atoms with Gasteiger partial charge in [-0.15, -0.1) is 0 Å². The molecule has 0 fully saturated rings. The lowest BCUT2D eigenvalue weighted by molar-refractivity contribution is -0.145. The van der Waals surface area contributed by atoms with Gasteiger partial charge in [-0.2, -0.15) is 0 Å². The van der Waals surface area contributed by atoms with Gasteiger partial charge in [0.05, 0.1) is 13.0 Å². The number of hydrogen-bond donors (Lipinski definition) is 0. The fraction of sp³-hybridized carbons (Fsp3) is 0.467. The summed E-state index contributed by atoms with van der Waals surface area (Å²) in [4.78, 5) is 22.5. The lowest BCUT2D eigenvalue weighted by Crippen LogP contribution is -2.12. The van der Waals surface area contributed by atoms with Crippen molar-refractivity contribution < 1.29 is 14.3 Å². The van der Waals surface area contributed by atoms with Crippen molar-refractivity contribution >= 4 is 11.8 Å². The summed E-state index contributed by atoms with van der Waals surface area (Å²) in [6.07, 6.45) is 2.59. The molecule has 1 atom stereocenters. The second kappa shape index (κ2) is 6.94. The van der Waals surface area contributed by atoms with Crippen LogP contribution in [0.2, 0.25) is 0 Å². The van der Waals surface area contributed by atoms with Crippen LogP contribution < -0.4 is 0 Å². The molecule has 0 bridgehead atoms. The van der Waals surface area contributed by atoms with E-state index in [0.717, 1.165) is 30.4 Å². The minimum Gasteiger partial charge on any atom is -0.469 e. The lowest BCUT2D eigenvalue weighted by atomic mass is 9.99. The number of Topliss-reactive ketones (excluding diaryl/α,β-unsaturated/α-hetero) is 1. The highest BCUT2D eigenvalue weighted by molar-refractivity contribution is 5.94. The highest BCUT2D eigenvalue weighted by Crippen LogP contribution is 2.13. The van der Waals surface area contributed by atoms with E-state index in [0.29, 0.717) is 0 Å². The van der Waals surface area contributed by atoms with Crippen molar-refractivity contribution in [2.45, 2.75) is 33.1 Å². The first-order valence-corrected chi connectivity index (χ1v) is 6.22. The van der Waals surface area contributed by atoms with E-state index in [1.807, 2.05) is 31.2 Å². The van der Waals surface area contributed by atoms with E-state index in [-0.39, 0.29) is 17.7 Å². The summed E-state index contributed by atoms with van der Waals surface area (Å²) in [5, 5.41) is 0. The van der Waals surface area contributed by atoms with Gasteiger partial charge in [0.2, 0.25) is 0 Å². The molecule has 0 aliphatic rings. The molecule has 1 aromatic carbocycles. The molecule has 0 aromatic heterocycles. The zero-order valence-corrected chi connectivity index (χ0v) is 11.2. The zero-order chi connectivity index (χ0) is 13.5. The fourth-order valence-corrected chi connectivity index (χ4v) is 1.88. The highest BCUT2D eigenvalue weighted by Gasteiger charge is 2.12. The molecule has 0 aliphatic heterocycles. The molecular weight excluding hydrogens is 228 g/mol. The molecule has 0 N–H and O–H groups in total. The average molecular weight is 248 g/mol. The lowest BCUT2D eigenvalue weighted by Gasteiger charge is -2.08. The summed E-state index contributed by atoms with van der Waals surface area (Å²) in [5.41, 5.74) is 1.88. The summed E-state index contributed by atoms with van der Waals surface area (Å²) in [6.45, 7) is 3.44. The Kier molecular flexibility index (Phi) is 5.56. The summed E-state index contributed by atoms with van der Waals surface area (Å²) in [6, 6.07) is 7.65. The number of methoxy groups -OCH3 is 1. The Hall–Kier alpha value is -1.64. The first-order valence-electron chi connectivity index (χ1n) is 6.22. The Morgan fingerprint density at radius 2 is 2.06 bits per heavy atom. The van der Waals surface area contributed by atoms with Crippen LogP contribution in [0.15, 0.2) is 24.3 Å². The van der Waals surface area contributed by atoms with Crippen LogP contribution in [0.1, 0.15) is 42.6 Å². The molecular formula is C15H20O3. The second-order valence-corrected chi connectivity index (χ2v) is 4.57. The maximum atomic E-state index is 11.2. The number of benzene rings is 1. The Bertz CT molecular complexity index is 424. The highest BCUT2D eigenvalue weighted by atomic mass is 16.5. The van der Waals surface area contributed by atoms with E-state index in [1.165, 1.54) is 7.11 Å². The zero-order valence-electron chi connectivity index (χ0n) is 11.2. The van der Waals surface area contributed by atoms with E-state index >= 15 is 0 Å². The minimum absolute atomic E-state index is 0.0639. The summed E-state index contributed by atoms with van der Waals surface area (Å²) in [5.74, 6) is -0.141. The summed E-state index contributed by atoms with van der Waals surface area (Å²) < 4.78 is 4.68. The predicted molar refractivity (Wildman–Crippen MR) is 70.6 cm³/mol. The van der Waals surface area contributed by atoms with Gasteiger partial charge >= 0.3 is 5.97 Å². The number of carbonyl (C=O) groups excluding carboxylic acids is 2. The molecule has 98 valence electrons. The van der Waals surface area contributed by atoms with Crippen molar-refractivity contribution in [1.29, 1.82) is 0 Å². The SMILES string of the molecule is COC(=O)[C@@H](C)CCCc1cccc(C(C)=O)c1. The number of rotatable bonds is 6. The van der Waals surface area contributed by atoms with E-state index in [2.05, 4.69) is 4.74 Å². The van der Waals surface area contributed by atoms with Gasteiger partial charge < -0.3 is 4.74 Å². The van der Waals surface area contributed by atoms with Crippen molar-refractivity contribution in [2.24, 2.45) is 5.92 Å². The van der Waals surface area contributed by atoms with Crippen LogP contribution in [0.25, 0.3) is 0 Å². The van der Waals surface area contributed by atoms with E-state index in [1.54, 1.807) is 6.92 Å². The third-order valence-electron chi connectivity index (χ3n) is 3.04. The molecule has 0 saturated carbocycles. The average Bonchev–Trinajstić information content (AvgIpc) is 2.38. The van der Waals surface area contributed by atoms with Crippen LogP contribution in [-0.4, -0.2) is 18.9 Å². The van der Waals surface area contributed by atoms with Crippen LogP contribution in [0, 0.1) is 5.92 Å². The monoisotopic (exact) mass is 248 g/mol. The van der Waals surface area contributed by atoms with E-state index in [9.17, 15) is 9.59 Å². The Morgan fingerprint density at radius 1 is 1.33 bits per heavy atom. The molecule has 18 heavy (non-hydrogen) atoms. The third kappa shape index (κ3) is 4.32. The Morgan fingerprint density at radius 3 is 2.67 bits per heavy atom. The van der Waals surface area contributed by atoms with Gasteiger partial charge in [-0.3, -0.25) is 9.59 Å². The fourth-order valence-electron chi connectivity index (χ4n) is 1.88. The van der Waals surface area contributed by atoms with Crippen molar-refractivity contribution in [3.8, 4) is 0 Å². The van der Waals surface area contributed by atoms with E-state index in [4.69, 9.17) is 0 Å². The van der Waals surface area contributed by atoms with Gasteiger partial charge in [0.25, 0.3) is 0 Å². The smallest absolute Gasteiger partial charge is 0.308 e. The van der Waals surface area contributed by atoms with Crippen molar-refractivity contribution in [2.75, 3.05) is 7.11 Å². The second-order valence-electron chi connectivity index (χ2n) is 4.57. The maximum Gasteiger partial charge on any atom is 0.308 e. The summed E-state index contributed by atoms with van der Waals surface area (Å²) >= 11 is 0. The van der Waals surface area contributed by atoms with Crippen molar-refractivity contribution in [3.05, 3.63) is 35.4 Å². The number of ether oxygens (including phenoxy) is 1. The van der Waals surface area contributed by atoms with Gasteiger partial charge in [-0.05, 0) is 37.8 Å². The Balaban J connectivity index is 2.46. The van der Waals surface area contributed by atoms with E-state index < -0.39 is 0 Å². The minimum atomic E-state index is -0.160. The maximum absolute atomic E-state index is 11.2. The van der Waals surface area contributed by atoms with Gasteiger partial charge in [-0.25, -0.2) is 0 Å². The molecule has 1 rings (SSSR count). The largest absolute Gasteiger partial charge is 0.469 e. The predicted octanol–water partition coefficient (Wildman–Crippen LogP) is 3.02. The van der Waals surface area contributed by atoms with Gasteiger partial charge in [-0.1, -0.05) is 25.1 Å². The standard InChI is InChI=1S/C15H20O3/c1-11(15(17)18-3)6-4-7-13-8-5-9-14(10-13)12(2)16/h5,8-11H,4,6-7H2,1-3H3/t11-/m0/s1. The van der Waals surface area contributed by atoms with Crippen LogP contribution >= 0.6 is 0 Å². The molecule has 0 heterocycles. The molecule has 0 amide bonds. The van der Waals surface area contributed by atoms with Crippen LogP contribution in [-0.2, 0) is 16.0 Å². The molecule has 0 radical (unpaired) electrons. The van der Waals surface area contributed by atoms with Gasteiger partial charge in [0.15, 0.2) is 5.78 Å². The molecule has 0 saturated heterocycles. The first-order chi connectivity index (χ1) is 8.54. The van der Waals surface area contributed by atoms with Gasteiger partial charge in [0.1, 0.15) is 0 Å². The van der Waals surface area contributed by atoms with Gasteiger partial charge in [0, 0.05) is 5.56 Å². The van der Waals surface area contributed by atoms with Crippen molar-refractivity contribution in [3.63, 3.8) is 0 Å². The Labute approximate surface area is 108 Å². The molecule has 3 heteroatoms. The molecule has 0 aliphatic carbocycles. The van der Waals surface area contributed by atoms with Crippen LogP contribution in [0.3, 0.4) is 0 Å².